The fraction of sp³-hybridized carbons (Fsp3) is 0.267. The Morgan fingerprint density at radius 1 is 1.19 bits per heavy atom. The third-order valence-corrected chi connectivity index (χ3v) is 2.52. The molecule has 1 aromatic carbocycles. The molecule has 0 aliphatic rings. The summed E-state index contributed by atoms with van der Waals surface area (Å²) in [6.07, 6.45) is 1.88. The van der Waals surface area contributed by atoms with Crippen LogP contribution in [0.2, 0.25) is 0 Å². The summed E-state index contributed by atoms with van der Waals surface area (Å²) in [5, 5.41) is 13.6. The average molecular weight is 290 g/mol. The minimum atomic E-state index is -0.911. The van der Waals surface area contributed by atoms with Crippen LogP contribution in [0.5, 0.6) is 0 Å². The van der Waals surface area contributed by atoms with Crippen LogP contribution in [0.1, 0.15) is 25.3 Å². The summed E-state index contributed by atoms with van der Waals surface area (Å²) >= 11 is 0. The lowest BCUT2D eigenvalue weighted by Gasteiger charge is -2.09. The topological polar surface area (TPSA) is 95.5 Å². The van der Waals surface area contributed by atoms with E-state index in [0.29, 0.717) is 6.42 Å². The molecule has 0 saturated carbocycles. The van der Waals surface area contributed by atoms with Crippen LogP contribution in [0.4, 0.5) is 0 Å². The summed E-state index contributed by atoms with van der Waals surface area (Å²) in [7, 11) is 0. The van der Waals surface area contributed by atoms with Gasteiger partial charge in [-0.3, -0.25) is 14.4 Å². The predicted octanol–water partition coefficient (Wildman–Crippen LogP) is 1.14. The van der Waals surface area contributed by atoms with Gasteiger partial charge in [-0.05, 0) is 18.1 Å². The first-order valence-electron chi connectivity index (χ1n) is 6.53. The van der Waals surface area contributed by atoms with Gasteiger partial charge in [-0.25, -0.2) is 0 Å². The number of hydrogen-bond donors (Lipinski definition) is 3. The Morgan fingerprint density at radius 2 is 1.86 bits per heavy atom. The molecular formula is C15H18N2O4. The Bertz CT molecular complexity index is 538. The number of hydrogen-bond acceptors (Lipinski definition) is 3. The SMILES string of the molecule is CC(=O)NC(=Cc1ccccc1)C(=O)NCCCC(=O)O. The average Bonchev–Trinajstić information content (AvgIpc) is 2.43. The second-order valence-electron chi connectivity index (χ2n) is 4.40. The van der Waals surface area contributed by atoms with E-state index in [1.54, 1.807) is 18.2 Å². The van der Waals surface area contributed by atoms with Gasteiger partial charge >= 0.3 is 5.97 Å². The van der Waals surface area contributed by atoms with Crippen LogP contribution < -0.4 is 10.6 Å². The van der Waals surface area contributed by atoms with Gasteiger partial charge in [0.15, 0.2) is 0 Å². The highest BCUT2D eigenvalue weighted by Gasteiger charge is 2.10. The van der Waals surface area contributed by atoms with E-state index in [-0.39, 0.29) is 24.6 Å². The van der Waals surface area contributed by atoms with E-state index in [4.69, 9.17) is 5.11 Å². The molecule has 0 fully saturated rings. The minimum Gasteiger partial charge on any atom is -0.481 e. The van der Waals surface area contributed by atoms with Crippen LogP contribution >= 0.6 is 0 Å². The van der Waals surface area contributed by atoms with Gasteiger partial charge in [0.2, 0.25) is 5.91 Å². The van der Waals surface area contributed by atoms with Gasteiger partial charge in [-0.15, -0.1) is 0 Å². The number of amides is 2. The van der Waals surface area contributed by atoms with E-state index in [0.717, 1.165) is 5.56 Å². The zero-order valence-electron chi connectivity index (χ0n) is 11.8. The van der Waals surface area contributed by atoms with Gasteiger partial charge in [-0.2, -0.15) is 0 Å². The second-order valence-corrected chi connectivity index (χ2v) is 4.40. The number of carbonyl (C=O) groups excluding carboxylic acids is 2. The lowest BCUT2D eigenvalue weighted by atomic mass is 10.2. The van der Waals surface area contributed by atoms with Crippen molar-refractivity contribution < 1.29 is 19.5 Å². The molecule has 0 aliphatic heterocycles. The highest BCUT2D eigenvalue weighted by molar-refractivity contribution is 6.00. The van der Waals surface area contributed by atoms with Gasteiger partial charge in [0.1, 0.15) is 5.70 Å². The summed E-state index contributed by atoms with van der Waals surface area (Å²) in [5.74, 6) is -1.71. The molecule has 0 radical (unpaired) electrons. The molecule has 0 heterocycles. The van der Waals surface area contributed by atoms with Crippen LogP contribution in [0, 0.1) is 0 Å². The molecule has 6 nitrogen and oxygen atoms in total. The van der Waals surface area contributed by atoms with E-state index in [9.17, 15) is 14.4 Å². The van der Waals surface area contributed by atoms with E-state index >= 15 is 0 Å². The Balaban J connectivity index is 2.69. The Kier molecular flexibility index (Phi) is 6.67. The van der Waals surface area contributed by atoms with Crippen molar-refractivity contribution in [3.8, 4) is 0 Å². The molecule has 21 heavy (non-hydrogen) atoms. The zero-order valence-corrected chi connectivity index (χ0v) is 11.8. The summed E-state index contributed by atoms with van der Waals surface area (Å²) in [5.41, 5.74) is 0.908. The highest BCUT2D eigenvalue weighted by Crippen LogP contribution is 2.05. The lowest BCUT2D eigenvalue weighted by molar-refractivity contribution is -0.137. The van der Waals surface area contributed by atoms with Crippen molar-refractivity contribution in [1.82, 2.24) is 10.6 Å². The molecule has 0 saturated heterocycles. The van der Waals surface area contributed by atoms with Gasteiger partial charge in [0.25, 0.3) is 5.91 Å². The minimum absolute atomic E-state index is 0.0157. The van der Waals surface area contributed by atoms with Crippen LogP contribution in [-0.2, 0) is 14.4 Å². The number of carboxylic acid groups (broad SMARTS) is 1. The predicted molar refractivity (Wildman–Crippen MR) is 78.1 cm³/mol. The van der Waals surface area contributed by atoms with Crippen LogP contribution in [0.25, 0.3) is 6.08 Å². The van der Waals surface area contributed by atoms with Crippen molar-refractivity contribution in [2.75, 3.05) is 6.54 Å². The van der Waals surface area contributed by atoms with Crippen molar-refractivity contribution in [2.45, 2.75) is 19.8 Å². The molecule has 3 N–H and O–H groups in total. The van der Waals surface area contributed by atoms with E-state index in [2.05, 4.69) is 10.6 Å². The van der Waals surface area contributed by atoms with Crippen molar-refractivity contribution in [3.05, 3.63) is 41.6 Å². The third-order valence-electron chi connectivity index (χ3n) is 2.52. The van der Waals surface area contributed by atoms with Crippen molar-refractivity contribution >= 4 is 23.9 Å². The van der Waals surface area contributed by atoms with Gasteiger partial charge < -0.3 is 15.7 Å². The maximum atomic E-state index is 12.0. The van der Waals surface area contributed by atoms with Crippen LogP contribution in [-0.4, -0.2) is 29.4 Å². The van der Waals surface area contributed by atoms with Gasteiger partial charge in [0, 0.05) is 19.9 Å². The normalized spacial score (nSPS) is 10.8. The summed E-state index contributed by atoms with van der Waals surface area (Å²) in [6, 6.07) is 9.10. The molecule has 1 aromatic rings. The van der Waals surface area contributed by atoms with E-state index in [1.165, 1.54) is 6.92 Å². The first-order valence-corrected chi connectivity index (χ1v) is 6.53. The molecule has 0 spiro atoms. The molecule has 2 amide bonds. The van der Waals surface area contributed by atoms with E-state index < -0.39 is 11.9 Å². The van der Waals surface area contributed by atoms with Crippen molar-refractivity contribution in [3.63, 3.8) is 0 Å². The number of benzene rings is 1. The van der Waals surface area contributed by atoms with E-state index in [1.807, 2.05) is 18.2 Å². The summed E-state index contributed by atoms with van der Waals surface area (Å²) < 4.78 is 0. The Labute approximate surface area is 122 Å². The standard InChI is InChI=1S/C15H18N2O4/c1-11(18)17-13(10-12-6-3-2-4-7-12)15(21)16-9-5-8-14(19)20/h2-4,6-7,10H,5,8-9H2,1H3,(H,16,21)(H,17,18)(H,19,20). The maximum absolute atomic E-state index is 12.0. The van der Waals surface area contributed by atoms with Crippen LogP contribution in [0.15, 0.2) is 36.0 Å². The Hall–Kier alpha value is -2.63. The van der Waals surface area contributed by atoms with Gasteiger partial charge in [0.05, 0.1) is 0 Å². The number of rotatable bonds is 7. The second kappa shape index (κ2) is 8.52. The molecule has 0 atom stereocenters. The molecule has 0 aliphatic carbocycles. The zero-order chi connectivity index (χ0) is 15.7. The summed E-state index contributed by atoms with van der Waals surface area (Å²) in [6.45, 7) is 1.55. The fourth-order valence-electron chi connectivity index (χ4n) is 1.60. The molecule has 6 heteroatoms. The van der Waals surface area contributed by atoms with Crippen molar-refractivity contribution in [1.29, 1.82) is 0 Å². The number of aliphatic carboxylic acids is 1. The lowest BCUT2D eigenvalue weighted by Crippen LogP contribution is -2.34. The molecule has 0 bridgehead atoms. The maximum Gasteiger partial charge on any atom is 0.303 e. The number of carbonyl (C=O) groups is 3. The fourth-order valence-corrected chi connectivity index (χ4v) is 1.60. The number of carboxylic acids is 1. The quantitative estimate of drug-likeness (QED) is 0.518. The molecule has 112 valence electrons. The molecule has 0 aromatic heterocycles. The largest absolute Gasteiger partial charge is 0.481 e. The highest BCUT2D eigenvalue weighted by atomic mass is 16.4. The smallest absolute Gasteiger partial charge is 0.303 e. The Morgan fingerprint density at radius 3 is 2.43 bits per heavy atom. The van der Waals surface area contributed by atoms with Crippen LogP contribution in [0.3, 0.4) is 0 Å². The molecule has 1 rings (SSSR count). The molecule has 0 unspecified atom stereocenters. The monoisotopic (exact) mass is 290 g/mol. The van der Waals surface area contributed by atoms with Crippen molar-refractivity contribution in [2.24, 2.45) is 0 Å². The first-order chi connectivity index (χ1) is 9.99. The number of nitrogens with one attached hydrogen (secondary N) is 2. The summed E-state index contributed by atoms with van der Waals surface area (Å²) in [4.78, 5) is 33.5. The van der Waals surface area contributed by atoms with Gasteiger partial charge in [-0.1, -0.05) is 30.3 Å². The third kappa shape index (κ3) is 6.91. The first kappa shape index (κ1) is 16.4. The molecular weight excluding hydrogens is 272 g/mol.